The molecule has 4 nitrogen and oxygen atoms in total. The topological polar surface area (TPSA) is 46.0 Å². The summed E-state index contributed by atoms with van der Waals surface area (Å²) in [5, 5.41) is 11.2. The van der Waals surface area contributed by atoms with Gasteiger partial charge in [0, 0.05) is 6.42 Å². The van der Waals surface area contributed by atoms with Crippen LogP contribution < -0.4 is 0 Å². The van der Waals surface area contributed by atoms with Crippen molar-refractivity contribution in [2.45, 2.75) is 20.3 Å². The van der Waals surface area contributed by atoms with Gasteiger partial charge in [-0.2, -0.15) is 14.9 Å². The minimum Gasteiger partial charge on any atom is -0.250 e. The van der Waals surface area contributed by atoms with E-state index in [0.717, 1.165) is 17.8 Å². The molecule has 0 bridgehead atoms. The quantitative estimate of drug-likeness (QED) is 0.668. The SMILES string of the molecule is CCc1n[nH]c(=S)n1/N=C/c1ccc(C)cc1. The van der Waals surface area contributed by atoms with Gasteiger partial charge in [-0.25, -0.2) is 0 Å². The number of nitrogens with one attached hydrogen (secondary N) is 1. The normalized spacial score (nSPS) is 11.2. The van der Waals surface area contributed by atoms with Crippen LogP contribution in [0, 0.1) is 11.7 Å². The highest BCUT2D eigenvalue weighted by molar-refractivity contribution is 7.71. The molecule has 0 aliphatic heterocycles. The van der Waals surface area contributed by atoms with Crippen molar-refractivity contribution in [3.8, 4) is 0 Å². The fourth-order valence-corrected chi connectivity index (χ4v) is 1.65. The lowest BCUT2D eigenvalue weighted by molar-refractivity contribution is 0.780. The van der Waals surface area contributed by atoms with Gasteiger partial charge in [0.1, 0.15) is 0 Å². The Morgan fingerprint density at radius 2 is 2.12 bits per heavy atom. The van der Waals surface area contributed by atoms with Crippen molar-refractivity contribution < 1.29 is 0 Å². The van der Waals surface area contributed by atoms with Crippen LogP contribution in [0.4, 0.5) is 0 Å². The minimum absolute atomic E-state index is 0.519. The second-order valence-electron chi connectivity index (χ2n) is 3.77. The number of aromatic nitrogens is 3. The van der Waals surface area contributed by atoms with E-state index in [1.54, 1.807) is 10.9 Å². The minimum atomic E-state index is 0.519. The van der Waals surface area contributed by atoms with Gasteiger partial charge in [0.15, 0.2) is 5.82 Å². The van der Waals surface area contributed by atoms with E-state index in [4.69, 9.17) is 12.2 Å². The van der Waals surface area contributed by atoms with Gasteiger partial charge in [0.25, 0.3) is 0 Å². The van der Waals surface area contributed by atoms with Gasteiger partial charge in [0.05, 0.1) is 6.21 Å². The molecule has 1 aromatic heterocycles. The average molecular weight is 246 g/mol. The van der Waals surface area contributed by atoms with Crippen LogP contribution in [0.25, 0.3) is 0 Å². The van der Waals surface area contributed by atoms with Crippen LogP contribution in [0.15, 0.2) is 29.4 Å². The van der Waals surface area contributed by atoms with Crippen molar-refractivity contribution in [2.24, 2.45) is 5.10 Å². The standard InChI is InChI=1S/C12H14N4S/c1-3-11-14-15-12(17)16(11)13-8-10-6-4-9(2)5-7-10/h4-8H,3H2,1-2H3,(H,15,17)/b13-8+. The summed E-state index contributed by atoms with van der Waals surface area (Å²) in [4.78, 5) is 0. The number of H-pyrrole nitrogens is 1. The Labute approximate surface area is 105 Å². The lowest BCUT2D eigenvalue weighted by Crippen LogP contribution is -1.97. The van der Waals surface area contributed by atoms with Crippen LogP contribution in [0.1, 0.15) is 23.9 Å². The number of hydrogen-bond donors (Lipinski definition) is 1. The number of aromatic amines is 1. The molecule has 0 spiro atoms. The van der Waals surface area contributed by atoms with Crippen LogP contribution in [-0.2, 0) is 6.42 Å². The first kappa shape index (κ1) is 11.7. The number of benzene rings is 1. The lowest BCUT2D eigenvalue weighted by Gasteiger charge is -1.97. The van der Waals surface area contributed by atoms with Crippen molar-refractivity contribution in [2.75, 3.05) is 0 Å². The summed E-state index contributed by atoms with van der Waals surface area (Å²) in [5.41, 5.74) is 2.28. The molecule has 0 fully saturated rings. The molecule has 0 aliphatic rings. The van der Waals surface area contributed by atoms with E-state index in [1.807, 2.05) is 19.1 Å². The molecule has 5 heteroatoms. The number of aryl methyl sites for hydroxylation is 2. The van der Waals surface area contributed by atoms with E-state index in [2.05, 4.69) is 34.4 Å². The maximum absolute atomic E-state index is 5.11. The molecule has 0 aliphatic carbocycles. The van der Waals surface area contributed by atoms with Crippen molar-refractivity contribution in [3.63, 3.8) is 0 Å². The van der Waals surface area contributed by atoms with Crippen LogP contribution in [0.3, 0.4) is 0 Å². The average Bonchev–Trinajstić information content (AvgIpc) is 2.69. The molecule has 2 rings (SSSR count). The van der Waals surface area contributed by atoms with Crippen molar-refractivity contribution in [3.05, 3.63) is 46.0 Å². The van der Waals surface area contributed by atoms with E-state index in [1.165, 1.54) is 5.56 Å². The highest BCUT2D eigenvalue weighted by Crippen LogP contribution is 2.02. The van der Waals surface area contributed by atoms with Gasteiger partial charge in [-0.05, 0) is 24.7 Å². The summed E-state index contributed by atoms with van der Waals surface area (Å²) < 4.78 is 2.17. The third-order valence-electron chi connectivity index (χ3n) is 2.43. The molecule has 0 amide bonds. The Bertz CT molecular complexity index is 577. The van der Waals surface area contributed by atoms with E-state index in [0.29, 0.717) is 4.77 Å². The predicted molar refractivity (Wildman–Crippen MR) is 71.0 cm³/mol. The number of hydrogen-bond acceptors (Lipinski definition) is 3. The Balaban J connectivity index is 2.28. The summed E-state index contributed by atoms with van der Waals surface area (Å²) >= 11 is 5.11. The second-order valence-corrected chi connectivity index (χ2v) is 4.15. The zero-order valence-corrected chi connectivity index (χ0v) is 10.7. The van der Waals surface area contributed by atoms with Crippen LogP contribution in [0.2, 0.25) is 0 Å². The first-order valence-electron chi connectivity index (χ1n) is 5.48. The van der Waals surface area contributed by atoms with Crippen molar-refractivity contribution >= 4 is 18.4 Å². The molecular weight excluding hydrogens is 232 g/mol. The smallest absolute Gasteiger partial charge is 0.216 e. The fourth-order valence-electron chi connectivity index (χ4n) is 1.45. The Morgan fingerprint density at radius 3 is 2.76 bits per heavy atom. The molecule has 0 atom stereocenters. The fraction of sp³-hybridized carbons (Fsp3) is 0.250. The van der Waals surface area contributed by atoms with Gasteiger partial charge in [0.2, 0.25) is 4.77 Å². The van der Waals surface area contributed by atoms with Gasteiger partial charge >= 0.3 is 0 Å². The third-order valence-corrected chi connectivity index (χ3v) is 2.70. The Morgan fingerprint density at radius 1 is 1.41 bits per heavy atom. The molecule has 0 radical (unpaired) electrons. The highest BCUT2D eigenvalue weighted by atomic mass is 32.1. The maximum atomic E-state index is 5.11. The van der Waals surface area contributed by atoms with E-state index >= 15 is 0 Å². The molecule has 0 unspecified atom stereocenters. The monoisotopic (exact) mass is 246 g/mol. The van der Waals surface area contributed by atoms with E-state index < -0.39 is 0 Å². The largest absolute Gasteiger partial charge is 0.250 e. The molecule has 2 aromatic rings. The third kappa shape index (κ3) is 2.68. The molecule has 0 saturated carbocycles. The van der Waals surface area contributed by atoms with Crippen LogP contribution in [-0.4, -0.2) is 21.1 Å². The Kier molecular flexibility index (Phi) is 3.49. The Hall–Kier alpha value is -1.75. The molecule has 0 saturated heterocycles. The lowest BCUT2D eigenvalue weighted by atomic mass is 10.2. The zero-order chi connectivity index (χ0) is 12.3. The molecule has 1 aromatic carbocycles. The number of nitrogens with zero attached hydrogens (tertiary/aromatic N) is 3. The summed E-state index contributed by atoms with van der Waals surface area (Å²) in [6, 6.07) is 8.15. The van der Waals surface area contributed by atoms with Gasteiger partial charge < -0.3 is 0 Å². The number of rotatable bonds is 3. The zero-order valence-electron chi connectivity index (χ0n) is 9.84. The summed E-state index contributed by atoms with van der Waals surface area (Å²) in [6.07, 6.45) is 2.57. The highest BCUT2D eigenvalue weighted by Gasteiger charge is 2.00. The van der Waals surface area contributed by atoms with E-state index in [-0.39, 0.29) is 0 Å². The van der Waals surface area contributed by atoms with Crippen LogP contribution >= 0.6 is 12.2 Å². The van der Waals surface area contributed by atoms with Crippen molar-refractivity contribution in [1.29, 1.82) is 0 Å². The first-order valence-corrected chi connectivity index (χ1v) is 5.89. The molecule has 17 heavy (non-hydrogen) atoms. The van der Waals surface area contributed by atoms with E-state index in [9.17, 15) is 0 Å². The van der Waals surface area contributed by atoms with Gasteiger partial charge in [-0.15, -0.1) is 0 Å². The molecular formula is C12H14N4S. The predicted octanol–water partition coefficient (Wildman–Crippen LogP) is 2.69. The van der Waals surface area contributed by atoms with Crippen molar-refractivity contribution in [1.82, 2.24) is 14.9 Å². The second kappa shape index (κ2) is 5.05. The maximum Gasteiger partial charge on any atom is 0.216 e. The molecule has 1 N–H and O–H groups in total. The van der Waals surface area contributed by atoms with Gasteiger partial charge in [-0.1, -0.05) is 36.8 Å². The first-order chi connectivity index (χ1) is 8.20. The molecule has 88 valence electrons. The van der Waals surface area contributed by atoms with Crippen LogP contribution in [0.5, 0.6) is 0 Å². The molecule has 1 heterocycles. The summed E-state index contributed by atoms with van der Waals surface area (Å²) in [6.45, 7) is 4.07. The summed E-state index contributed by atoms with van der Waals surface area (Å²) in [7, 11) is 0. The summed E-state index contributed by atoms with van der Waals surface area (Å²) in [5.74, 6) is 0.832. The van der Waals surface area contributed by atoms with Gasteiger partial charge in [-0.3, -0.25) is 5.10 Å².